The number of piperazine rings is 1. The highest BCUT2D eigenvalue weighted by Crippen LogP contribution is 2.16. The third-order valence-electron chi connectivity index (χ3n) is 4.61. The fourth-order valence-electron chi connectivity index (χ4n) is 3.04. The highest BCUT2D eigenvalue weighted by molar-refractivity contribution is 6.02. The van der Waals surface area contributed by atoms with Crippen molar-refractivity contribution in [2.24, 2.45) is 0 Å². The van der Waals surface area contributed by atoms with Gasteiger partial charge < -0.3 is 19.5 Å². The van der Waals surface area contributed by atoms with Gasteiger partial charge in [0.15, 0.2) is 17.3 Å². The summed E-state index contributed by atoms with van der Waals surface area (Å²) in [5.74, 6) is 0.0272. The quantitative estimate of drug-likeness (QED) is 0.730. The third-order valence-corrected chi connectivity index (χ3v) is 4.61. The van der Waals surface area contributed by atoms with Crippen LogP contribution in [-0.2, 0) is 0 Å². The van der Waals surface area contributed by atoms with Crippen LogP contribution in [0.1, 0.15) is 21.0 Å². The van der Waals surface area contributed by atoms with E-state index < -0.39 is 5.91 Å². The van der Waals surface area contributed by atoms with Crippen molar-refractivity contribution < 1.29 is 18.4 Å². The molecule has 1 fully saturated rings. The van der Waals surface area contributed by atoms with E-state index in [1.807, 2.05) is 4.90 Å². The van der Waals surface area contributed by atoms with Gasteiger partial charge in [-0.15, -0.1) is 10.2 Å². The molecule has 29 heavy (non-hydrogen) atoms. The fourth-order valence-corrected chi connectivity index (χ4v) is 3.04. The molecule has 0 aliphatic carbocycles. The average Bonchev–Trinajstić information content (AvgIpc) is 3.30. The van der Waals surface area contributed by atoms with E-state index in [0.717, 1.165) is 0 Å². The molecule has 1 aliphatic rings. The van der Waals surface area contributed by atoms with E-state index in [9.17, 15) is 14.0 Å². The Labute approximate surface area is 165 Å². The van der Waals surface area contributed by atoms with E-state index in [2.05, 4.69) is 15.5 Å². The lowest BCUT2D eigenvalue weighted by Gasteiger charge is -2.34. The zero-order chi connectivity index (χ0) is 20.2. The minimum Gasteiger partial charge on any atom is -0.459 e. The molecule has 3 aromatic rings. The molecule has 1 saturated heterocycles. The van der Waals surface area contributed by atoms with Crippen LogP contribution in [0.25, 0.3) is 0 Å². The van der Waals surface area contributed by atoms with Crippen LogP contribution in [0.2, 0.25) is 0 Å². The molecule has 8 nitrogen and oxygen atoms in total. The predicted molar refractivity (Wildman–Crippen MR) is 103 cm³/mol. The van der Waals surface area contributed by atoms with Crippen LogP contribution >= 0.6 is 0 Å². The van der Waals surface area contributed by atoms with Crippen molar-refractivity contribution in [2.75, 3.05) is 36.4 Å². The first-order valence-corrected chi connectivity index (χ1v) is 9.08. The van der Waals surface area contributed by atoms with Gasteiger partial charge >= 0.3 is 0 Å². The topological polar surface area (TPSA) is 91.6 Å². The molecule has 0 spiro atoms. The maximum absolute atomic E-state index is 12.9. The molecule has 148 valence electrons. The molecule has 1 aromatic carbocycles. The van der Waals surface area contributed by atoms with Gasteiger partial charge in [0, 0.05) is 31.9 Å². The Morgan fingerprint density at radius 1 is 0.966 bits per heavy atom. The number of hydrogen-bond acceptors (Lipinski definition) is 6. The summed E-state index contributed by atoms with van der Waals surface area (Å²) >= 11 is 0. The van der Waals surface area contributed by atoms with E-state index in [4.69, 9.17) is 4.42 Å². The van der Waals surface area contributed by atoms with E-state index in [0.29, 0.717) is 43.4 Å². The first-order chi connectivity index (χ1) is 14.1. The SMILES string of the molecule is O=C(Nc1ccc(F)cc1)c1ccc(N2CCN(C(=O)c3ccco3)CC2)nn1. The number of hydrogen-bond donors (Lipinski definition) is 1. The molecule has 1 N–H and O–H groups in total. The largest absolute Gasteiger partial charge is 0.459 e. The summed E-state index contributed by atoms with van der Waals surface area (Å²) in [5, 5.41) is 10.8. The Balaban J connectivity index is 1.34. The Morgan fingerprint density at radius 3 is 2.34 bits per heavy atom. The van der Waals surface area contributed by atoms with Crippen molar-refractivity contribution in [1.82, 2.24) is 15.1 Å². The monoisotopic (exact) mass is 395 g/mol. The minimum atomic E-state index is -0.426. The summed E-state index contributed by atoms with van der Waals surface area (Å²) in [5.41, 5.74) is 0.629. The Morgan fingerprint density at radius 2 is 1.72 bits per heavy atom. The lowest BCUT2D eigenvalue weighted by Crippen LogP contribution is -2.49. The second kappa shape index (κ2) is 8.09. The Kier molecular flexibility index (Phi) is 5.19. The van der Waals surface area contributed by atoms with Crippen LogP contribution in [-0.4, -0.2) is 53.1 Å². The van der Waals surface area contributed by atoms with E-state index in [-0.39, 0.29) is 17.4 Å². The molecule has 2 aromatic heterocycles. The van der Waals surface area contributed by atoms with Gasteiger partial charge in [-0.3, -0.25) is 9.59 Å². The molecule has 1 aliphatic heterocycles. The molecule has 4 rings (SSSR count). The second-order valence-electron chi connectivity index (χ2n) is 6.49. The van der Waals surface area contributed by atoms with Crippen LogP contribution < -0.4 is 10.2 Å². The lowest BCUT2D eigenvalue weighted by molar-refractivity contribution is 0.0714. The van der Waals surface area contributed by atoms with E-state index in [1.165, 1.54) is 30.5 Å². The second-order valence-corrected chi connectivity index (χ2v) is 6.49. The van der Waals surface area contributed by atoms with Gasteiger partial charge in [-0.25, -0.2) is 4.39 Å². The van der Waals surface area contributed by atoms with Gasteiger partial charge in [-0.1, -0.05) is 0 Å². The highest BCUT2D eigenvalue weighted by atomic mass is 19.1. The molecule has 2 amide bonds. The summed E-state index contributed by atoms with van der Waals surface area (Å²) in [6, 6.07) is 12.1. The number of carbonyl (C=O) groups excluding carboxylic acids is 2. The molecule has 0 saturated carbocycles. The summed E-state index contributed by atoms with van der Waals surface area (Å²) in [4.78, 5) is 28.3. The van der Waals surface area contributed by atoms with Crippen LogP contribution in [0.5, 0.6) is 0 Å². The predicted octanol–water partition coefficient (Wildman–Crippen LogP) is 2.42. The molecular weight excluding hydrogens is 377 g/mol. The summed E-state index contributed by atoms with van der Waals surface area (Å²) in [6.45, 7) is 2.27. The molecular formula is C20H18FN5O3. The Bertz CT molecular complexity index is 982. The van der Waals surface area contributed by atoms with Crippen molar-refractivity contribution >= 4 is 23.3 Å². The van der Waals surface area contributed by atoms with Crippen LogP contribution in [0.4, 0.5) is 15.9 Å². The number of aromatic nitrogens is 2. The summed E-state index contributed by atoms with van der Waals surface area (Å²) in [7, 11) is 0. The number of anilines is 2. The van der Waals surface area contributed by atoms with Gasteiger partial charge in [-0.2, -0.15) is 0 Å². The van der Waals surface area contributed by atoms with Gasteiger partial charge in [0.2, 0.25) is 0 Å². The van der Waals surface area contributed by atoms with Crippen molar-refractivity contribution in [2.45, 2.75) is 0 Å². The van der Waals surface area contributed by atoms with Gasteiger partial charge in [-0.05, 0) is 48.5 Å². The van der Waals surface area contributed by atoms with Gasteiger partial charge in [0.1, 0.15) is 5.82 Å². The van der Waals surface area contributed by atoms with Crippen molar-refractivity contribution in [3.8, 4) is 0 Å². The van der Waals surface area contributed by atoms with Gasteiger partial charge in [0.25, 0.3) is 11.8 Å². The zero-order valence-electron chi connectivity index (χ0n) is 15.4. The lowest BCUT2D eigenvalue weighted by atomic mass is 10.2. The number of carbonyl (C=O) groups is 2. The van der Waals surface area contributed by atoms with Crippen molar-refractivity contribution in [3.63, 3.8) is 0 Å². The van der Waals surface area contributed by atoms with Crippen LogP contribution in [0.15, 0.2) is 59.2 Å². The maximum Gasteiger partial charge on any atom is 0.289 e. The zero-order valence-corrected chi connectivity index (χ0v) is 15.4. The highest BCUT2D eigenvalue weighted by Gasteiger charge is 2.24. The van der Waals surface area contributed by atoms with E-state index >= 15 is 0 Å². The number of halogens is 1. The average molecular weight is 395 g/mol. The standard InChI is InChI=1S/C20H18FN5O3/c21-14-3-5-15(6-4-14)22-19(27)16-7-8-18(24-23-16)25-9-11-26(12-10-25)20(28)17-2-1-13-29-17/h1-8,13H,9-12H2,(H,22,27). The number of benzene rings is 1. The first kappa shape index (κ1) is 18.6. The number of nitrogens with zero attached hydrogens (tertiary/aromatic N) is 4. The molecule has 3 heterocycles. The Hall–Kier alpha value is -3.75. The molecule has 9 heteroatoms. The number of amides is 2. The molecule has 0 atom stereocenters. The van der Waals surface area contributed by atoms with Crippen LogP contribution in [0.3, 0.4) is 0 Å². The summed E-state index contributed by atoms with van der Waals surface area (Å²) < 4.78 is 18.1. The summed E-state index contributed by atoms with van der Waals surface area (Å²) in [6.07, 6.45) is 1.48. The minimum absolute atomic E-state index is 0.131. The molecule has 0 radical (unpaired) electrons. The van der Waals surface area contributed by atoms with Crippen molar-refractivity contribution in [3.05, 3.63) is 72.1 Å². The normalized spacial score (nSPS) is 14.0. The number of rotatable bonds is 4. The number of furan rings is 1. The fraction of sp³-hybridized carbons (Fsp3) is 0.200. The smallest absolute Gasteiger partial charge is 0.289 e. The van der Waals surface area contributed by atoms with Gasteiger partial charge in [0.05, 0.1) is 6.26 Å². The number of nitrogens with one attached hydrogen (secondary N) is 1. The van der Waals surface area contributed by atoms with E-state index in [1.54, 1.807) is 29.2 Å². The molecule has 0 bridgehead atoms. The maximum atomic E-state index is 12.9. The molecule has 0 unspecified atom stereocenters. The van der Waals surface area contributed by atoms with Crippen molar-refractivity contribution in [1.29, 1.82) is 0 Å². The van der Waals surface area contributed by atoms with Crippen LogP contribution in [0, 0.1) is 5.82 Å². The third kappa shape index (κ3) is 4.23. The first-order valence-electron chi connectivity index (χ1n) is 9.08.